The van der Waals surface area contributed by atoms with Crippen molar-refractivity contribution >= 4 is 11.9 Å². The van der Waals surface area contributed by atoms with Gasteiger partial charge in [0.15, 0.2) is 5.78 Å². The first kappa shape index (κ1) is 19.8. The number of likely N-dealkylation sites (tertiary alicyclic amines) is 1. The van der Waals surface area contributed by atoms with Crippen LogP contribution in [0.5, 0.6) is 0 Å². The standard InChI is InChI=1S/C21H31N3O3/c1-3-27-21(26)24-12-10-23(11-13-24)20-8-5-9-22(16-20)15-18-6-4-7-19(14-18)17(2)25/h4,6-7,14,20H,3,5,8-13,15-16H2,1-2H3/t20-/m1/s1. The van der Waals surface area contributed by atoms with Gasteiger partial charge in [0, 0.05) is 50.9 Å². The van der Waals surface area contributed by atoms with Crippen LogP contribution in [0.2, 0.25) is 0 Å². The Hall–Kier alpha value is -1.92. The number of piperidine rings is 1. The van der Waals surface area contributed by atoms with Gasteiger partial charge in [-0.3, -0.25) is 14.6 Å². The number of hydrogen-bond donors (Lipinski definition) is 0. The second kappa shape index (κ2) is 9.33. The van der Waals surface area contributed by atoms with Crippen molar-refractivity contribution in [2.24, 2.45) is 0 Å². The Kier molecular flexibility index (Phi) is 6.85. The lowest BCUT2D eigenvalue weighted by Crippen LogP contribution is -2.55. The number of ether oxygens (including phenoxy) is 1. The van der Waals surface area contributed by atoms with Crippen LogP contribution >= 0.6 is 0 Å². The topological polar surface area (TPSA) is 53.1 Å². The first-order valence-electron chi connectivity index (χ1n) is 10.0. The van der Waals surface area contributed by atoms with E-state index in [4.69, 9.17) is 4.74 Å². The summed E-state index contributed by atoms with van der Waals surface area (Å²) in [5.41, 5.74) is 1.99. The lowest BCUT2D eigenvalue weighted by molar-refractivity contribution is 0.0412. The molecule has 2 aliphatic heterocycles. The Bertz CT molecular complexity index is 656. The van der Waals surface area contributed by atoms with Gasteiger partial charge in [-0.05, 0) is 44.9 Å². The summed E-state index contributed by atoms with van der Waals surface area (Å²) in [7, 11) is 0. The minimum Gasteiger partial charge on any atom is -0.450 e. The molecule has 0 N–H and O–H groups in total. The van der Waals surface area contributed by atoms with Crippen LogP contribution < -0.4 is 0 Å². The van der Waals surface area contributed by atoms with Gasteiger partial charge in [-0.2, -0.15) is 0 Å². The summed E-state index contributed by atoms with van der Waals surface area (Å²) < 4.78 is 5.11. The number of benzene rings is 1. The first-order chi connectivity index (χ1) is 13.1. The van der Waals surface area contributed by atoms with Crippen LogP contribution in [0.1, 0.15) is 42.6 Å². The van der Waals surface area contributed by atoms with E-state index in [0.717, 1.165) is 51.4 Å². The molecule has 0 saturated carbocycles. The second-order valence-corrected chi connectivity index (χ2v) is 7.51. The molecular formula is C21H31N3O3. The highest BCUT2D eigenvalue weighted by Gasteiger charge is 2.29. The van der Waals surface area contributed by atoms with Crippen LogP contribution in [0, 0.1) is 0 Å². The SMILES string of the molecule is CCOC(=O)N1CCN([C@@H]2CCCN(Cc3cccc(C(C)=O)c3)C2)CC1. The number of hydrogen-bond acceptors (Lipinski definition) is 5. The van der Waals surface area contributed by atoms with Crippen molar-refractivity contribution in [1.82, 2.24) is 14.7 Å². The van der Waals surface area contributed by atoms with Gasteiger partial charge in [0.2, 0.25) is 0 Å². The zero-order chi connectivity index (χ0) is 19.2. The molecule has 0 radical (unpaired) electrons. The van der Waals surface area contributed by atoms with E-state index in [-0.39, 0.29) is 11.9 Å². The second-order valence-electron chi connectivity index (χ2n) is 7.51. The third-order valence-electron chi connectivity index (χ3n) is 5.58. The quantitative estimate of drug-likeness (QED) is 0.743. The van der Waals surface area contributed by atoms with Crippen LogP contribution in [0.25, 0.3) is 0 Å². The zero-order valence-corrected chi connectivity index (χ0v) is 16.5. The first-order valence-corrected chi connectivity index (χ1v) is 10.0. The minimum absolute atomic E-state index is 0.118. The van der Waals surface area contributed by atoms with E-state index in [0.29, 0.717) is 12.6 Å². The third-order valence-corrected chi connectivity index (χ3v) is 5.58. The number of amides is 1. The molecule has 0 bridgehead atoms. The van der Waals surface area contributed by atoms with E-state index >= 15 is 0 Å². The fourth-order valence-corrected chi connectivity index (χ4v) is 4.10. The normalized spacial score (nSPS) is 21.9. The van der Waals surface area contributed by atoms with Crippen LogP contribution in [-0.2, 0) is 11.3 Å². The Balaban J connectivity index is 1.52. The monoisotopic (exact) mass is 373 g/mol. The van der Waals surface area contributed by atoms with Crippen molar-refractivity contribution in [2.45, 2.75) is 39.3 Å². The smallest absolute Gasteiger partial charge is 0.409 e. The molecular weight excluding hydrogens is 342 g/mol. The number of carbonyl (C=O) groups excluding carboxylic acids is 2. The van der Waals surface area contributed by atoms with E-state index in [1.54, 1.807) is 6.92 Å². The fourth-order valence-electron chi connectivity index (χ4n) is 4.10. The van der Waals surface area contributed by atoms with Gasteiger partial charge in [-0.1, -0.05) is 18.2 Å². The largest absolute Gasteiger partial charge is 0.450 e. The van der Waals surface area contributed by atoms with Crippen molar-refractivity contribution in [3.8, 4) is 0 Å². The van der Waals surface area contributed by atoms with E-state index < -0.39 is 0 Å². The molecule has 1 atom stereocenters. The predicted molar refractivity (Wildman–Crippen MR) is 105 cm³/mol. The van der Waals surface area contributed by atoms with Crippen LogP contribution in [0.3, 0.4) is 0 Å². The van der Waals surface area contributed by atoms with Crippen LogP contribution in [0.15, 0.2) is 24.3 Å². The number of carbonyl (C=O) groups is 2. The number of rotatable bonds is 5. The molecule has 27 heavy (non-hydrogen) atoms. The van der Waals surface area contributed by atoms with E-state index in [1.165, 1.54) is 18.4 Å². The summed E-state index contributed by atoms with van der Waals surface area (Å²) in [5.74, 6) is 0.118. The number of piperazine rings is 1. The fraction of sp³-hybridized carbons (Fsp3) is 0.619. The molecule has 0 aromatic heterocycles. The lowest BCUT2D eigenvalue weighted by atomic mass is 10.0. The molecule has 1 aromatic rings. The van der Waals surface area contributed by atoms with Crippen molar-refractivity contribution in [3.63, 3.8) is 0 Å². The molecule has 2 heterocycles. The van der Waals surface area contributed by atoms with Gasteiger partial charge in [-0.15, -0.1) is 0 Å². The predicted octanol–water partition coefficient (Wildman–Crippen LogP) is 2.63. The minimum atomic E-state index is -0.187. The third kappa shape index (κ3) is 5.30. The van der Waals surface area contributed by atoms with Crippen LogP contribution in [0.4, 0.5) is 4.79 Å². The van der Waals surface area contributed by atoms with Crippen LogP contribution in [-0.4, -0.2) is 78.5 Å². The molecule has 2 aliphatic rings. The highest BCUT2D eigenvalue weighted by Crippen LogP contribution is 2.20. The lowest BCUT2D eigenvalue weighted by Gasteiger charge is -2.43. The number of ketones is 1. The number of Topliss-reactive ketones (excluding diaryl/α,β-unsaturated/α-hetero) is 1. The molecule has 1 amide bonds. The Morgan fingerprint density at radius 2 is 1.93 bits per heavy atom. The van der Waals surface area contributed by atoms with Gasteiger partial charge in [-0.25, -0.2) is 4.79 Å². The summed E-state index contributed by atoms with van der Waals surface area (Å²) in [6.45, 7) is 10.2. The van der Waals surface area contributed by atoms with E-state index in [9.17, 15) is 9.59 Å². The highest BCUT2D eigenvalue weighted by atomic mass is 16.6. The maximum Gasteiger partial charge on any atom is 0.409 e. The van der Waals surface area contributed by atoms with Gasteiger partial charge >= 0.3 is 6.09 Å². The molecule has 2 fully saturated rings. The van der Waals surface area contributed by atoms with E-state index in [2.05, 4.69) is 15.9 Å². The van der Waals surface area contributed by atoms with Crippen molar-refractivity contribution in [1.29, 1.82) is 0 Å². The Morgan fingerprint density at radius 3 is 2.63 bits per heavy atom. The summed E-state index contributed by atoms with van der Waals surface area (Å²) in [5, 5.41) is 0. The Morgan fingerprint density at radius 1 is 1.15 bits per heavy atom. The Labute approximate surface area is 162 Å². The summed E-state index contributed by atoms with van der Waals surface area (Å²) in [6.07, 6.45) is 2.21. The molecule has 3 rings (SSSR count). The molecule has 6 heteroatoms. The maximum absolute atomic E-state index is 11.9. The van der Waals surface area contributed by atoms with Gasteiger partial charge in [0.05, 0.1) is 6.61 Å². The highest BCUT2D eigenvalue weighted by molar-refractivity contribution is 5.94. The summed E-state index contributed by atoms with van der Waals surface area (Å²) in [4.78, 5) is 30.3. The molecule has 0 unspecified atom stereocenters. The molecule has 148 valence electrons. The summed E-state index contributed by atoms with van der Waals surface area (Å²) in [6, 6.07) is 8.52. The van der Waals surface area contributed by atoms with Gasteiger partial charge in [0.25, 0.3) is 0 Å². The molecule has 0 aliphatic carbocycles. The molecule has 2 saturated heterocycles. The van der Waals surface area contributed by atoms with Crippen molar-refractivity contribution in [3.05, 3.63) is 35.4 Å². The average Bonchev–Trinajstić information content (AvgIpc) is 2.69. The van der Waals surface area contributed by atoms with Gasteiger partial charge in [0.1, 0.15) is 0 Å². The zero-order valence-electron chi connectivity index (χ0n) is 16.5. The van der Waals surface area contributed by atoms with Crippen molar-refractivity contribution < 1.29 is 14.3 Å². The van der Waals surface area contributed by atoms with E-state index in [1.807, 2.05) is 30.0 Å². The molecule has 6 nitrogen and oxygen atoms in total. The average molecular weight is 373 g/mol. The maximum atomic E-state index is 11.9. The van der Waals surface area contributed by atoms with Crippen molar-refractivity contribution in [2.75, 3.05) is 45.9 Å². The molecule has 1 aromatic carbocycles. The van der Waals surface area contributed by atoms with Gasteiger partial charge < -0.3 is 9.64 Å². The number of nitrogens with zero attached hydrogens (tertiary/aromatic N) is 3. The molecule has 0 spiro atoms. The summed E-state index contributed by atoms with van der Waals surface area (Å²) >= 11 is 0.